The smallest absolute Gasteiger partial charge is 0.267 e. The van der Waals surface area contributed by atoms with Crippen molar-refractivity contribution < 1.29 is 19.4 Å². The number of rotatable bonds is 12. The second kappa shape index (κ2) is 14.6. The number of nitrogens with zero attached hydrogens (tertiary/aromatic N) is 6. The molecule has 1 aromatic carbocycles. The number of aliphatic hydroxyl groups is 1. The van der Waals surface area contributed by atoms with E-state index in [1.807, 2.05) is 31.2 Å². The van der Waals surface area contributed by atoms with Crippen molar-refractivity contribution >= 4 is 62.9 Å². The maximum atomic E-state index is 13.0. The largest absolute Gasteiger partial charge is 0.493 e. The number of ether oxygens (including phenoxy) is 1. The first-order chi connectivity index (χ1) is 23.3. The molecule has 14 heteroatoms. The van der Waals surface area contributed by atoms with Gasteiger partial charge in [0.2, 0.25) is 5.91 Å². The molecule has 4 heterocycles. The average Bonchev–Trinajstić information content (AvgIpc) is 3.85. The molecule has 1 aliphatic carbocycles. The molecule has 3 N–H and O–H groups in total. The van der Waals surface area contributed by atoms with Gasteiger partial charge >= 0.3 is 0 Å². The number of carbonyl (C=O) groups is 2. The highest BCUT2D eigenvalue weighted by atomic mass is 35.5. The molecule has 3 aromatic heterocycles. The first-order valence-electron chi connectivity index (χ1n) is 15.7. The number of methoxy groups -OCH3 is 1. The van der Waals surface area contributed by atoms with E-state index in [1.165, 1.54) is 23.6 Å². The average molecular weight is 689 g/mol. The van der Waals surface area contributed by atoms with E-state index in [0.717, 1.165) is 35.5 Å². The molecule has 48 heavy (non-hydrogen) atoms. The number of hydrogen-bond acceptors (Lipinski definition) is 11. The summed E-state index contributed by atoms with van der Waals surface area (Å²) in [5, 5.41) is 17.0. The first kappa shape index (κ1) is 33.2. The highest BCUT2D eigenvalue weighted by Crippen LogP contribution is 2.39. The fraction of sp³-hybridized carbons (Fsp3) is 0.324. The molecule has 0 unspecified atom stereocenters. The number of piperazine rings is 1. The summed E-state index contributed by atoms with van der Waals surface area (Å²) in [7, 11) is 1.56. The minimum Gasteiger partial charge on any atom is -0.493 e. The van der Waals surface area contributed by atoms with E-state index in [0.29, 0.717) is 76.7 Å². The van der Waals surface area contributed by atoms with Gasteiger partial charge in [-0.2, -0.15) is 0 Å². The van der Waals surface area contributed by atoms with Crippen molar-refractivity contribution in [1.82, 2.24) is 19.9 Å². The van der Waals surface area contributed by atoms with Gasteiger partial charge in [0.05, 0.1) is 42.0 Å². The number of nitrogens with one attached hydrogen (secondary N) is 2. The molecule has 12 nitrogen and oxygen atoms in total. The molecule has 6 rings (SSSR count). The van der Waals surface area contributed by atoms with E-state index in [4.69, 9.17) is 26.3 Å². The van der Waals surface area contributed by atoms with Gasteiger partial charge in [-0.1, -0.05) is 41.6 Å². The van der Waals surface area contributed by atoms with Crippen LogP contribution in [0.2, 0.25) is 5.02 Å². The number of aryl methyl sites for hydroxylation is 1. The molecular formula is C34H37ClN8O4S. The number of carbonyl (C=O) groups excluding carboxylic acids is 2. The van der Waals surface area contributed by atoms with Crippen LogP contribution in [-0.4, -0.2) is 89.3 Å². The highest BCUT2D eigenvalue weighted by Gasteiger charge is 2.33. The summed E-state index contributed by atoms with van der Waals surface area (Å²) in [5.41, 5.74) is 3.78. The summed E-state index contributed by atoms with van der Waals surface area (Å²) in [6, 6.07) is 11.5. The number of halogens is 1. The van der Waals surface area contributed by atoms with Crippen LogP contribution >= 0.6 is 22.9 Å². The van der Waals surface area contributed by atoms with Crippen LogP contribution in [-0.2, 0) is 4.79 Å². The van der Waals surface area contributed by atoms with Crippen LogP contribution in [0.1, 0.15) is 28.1 Å². The lowest BCUT2D eigenvalue weighted by Gasteiger charge is -2.37. The van der Waals surface area contributed by atoms with E-state index < -0.39 is 0 Å². The minimum atomic E-state index is -0.319. The van der Waals surface area contributed by atoms with Crippen molar-refractivity contribution in [3.63, 3.8) is 0 Å². The van der Waals surface area contributed by atoms with E-state index in [9.17, 15) is 14.7 Å². The van der Waals surface area contributed by atoms with Crippen LogP contribution in [0.3, 0.4) is 0 Å². The Morgan fingerprint density at radius 1 is 1.17 bits per heavy atom. The number of thiazole rings is 1. The fourth-order valence-corrected chi connectivity index (χ4v) is 6.65. The van der Waals surface area contributed by atoms with Gasteiger partial charge in [-0.3, -0.25) is 9.59 Å². The van der Waals surface area contributed by atoms with Gasteiger partial charge < -0.3 is 35.2 Å². The highest BCUT2D eigenvalue weighted by molar-refractivity contribution is 7.17. The minimum absolute atomic E-state index is 0.0163. The predicted molar refractivity (Wildman–Crippen MR) is 190 cm³/mol. The predicted octanol–water partition coefficient (Wildman–Crippen LogP) is 5.36. The Hall–Kier alpha value is -4.72. The molecule has 4 aromatic rings. The molecule has 0 radical (unpaired) electrons. The third-order valence-electron chi connectivity index (χ3n) is 8.34. The van der Waals surface area contributed by atoms with Crippen molar-refractivity contribution in [2.24, 2.45) is 0 Å². The quantitative estimate of drug-likeness (QED) is 0.167. The van der Waals surface area contributed by atoms with Crippen molar-refractivity contribution in [2.45, 2.75) is 25.8 Å². The van der Waals surface area contributed by atoms with Gasteiger partial charge in [-0.05, 0) is 55.7 Å². The topological polar surface area (TPSA) is 136 Å². The Morgan fingerprint density at radius 3 is 2.65 bits per heavy atom. The molecule has 0 atom stereocenters. The maximum absolute atomic E-state index is 13.0. The van der Waals surface area contributed by atoms with E-state index in [2.05, 4.69) is 38.1 Å². The number of hydrogen-bond donors (Lipinski definition) is 3. The third-order valence-corrected chi connectivity index (χ3v) is 9.57. The molecule has 2 aliphatic rings. The summed E-state index contributed by atoms with van der Waals surface area (Å²) in [6.07, 6.45) is 6.74. The van der Waals surface area contributed by atoms with Crippen LogP contribution in [0.25, 0.3) is 11.3 Å². The van der Waals surface area contributed by atoms with Crippen molar-refractivity contribution in [3.8, 4) is 17.0 Å². The molecular weight excluding hydrogens is 652 g/mol. The summed E-state index contributed by atoms with van der Waals surface area (Å²) in [4.78, 5) is 46.0. The van der Waals surface area contributed by atoms with Crippen LogP contribution in [0, 0.1) is 6.92 Å². The summed E-state index contributed by atoms with van der Waals surface area (Å²) < 4.78 is 5.60. The van der Waals surface area contributed by atoms with Gasteiger partial charge in [0.25, 0.3) is 5.91 Å². The second-order valence-corrected chi connectivity index (χ2v) is 13.0. The molecule has 2 fully saturated rings. The number of aromatic nitrogens is 3. The molecule has 0 spiro atoms. The lowest BCUT2D eigenvalue weighted by atomic mass is 10.1. The Morgan fingerprint density at radius 2 is 1.96 bits per heavy atom. The van der Waals surface area contributed by atoms with E-state index in [1.54, 1.807) is 24.3 Å². The summed E-state index contributed by atoms with van der Waals surface area (Å²) >= 11 is 7.48. The van der Waals surface area contributed by atoms with Crippen molar-refractivity contribution in [2.75, 3.05) is 66.9 Å². The van der Waals surface area contributed by atoms with Gasteiger partial charge in [-0.15, -0.1) is 0 Å². The third kappa shape index (κ3) is 7.23. The summed E-state index contributed by atoms with van der Waals surface area (Å²) in [5.74, 6) is 1.36. The first-order valence-corrected chi connectivity index (χ1v) is 16.9. The number of pyridine rings is 2. The Labute approximate surface area is 288 Å². The number of amides is 2. The molecule has 1 saturated carbocycles. The lowest BCUT2D eigenvalue weighted by molar-refractivity contribution is -0.126. The van der Waals surface area contributed by atoms with Crippen molar-refractivity contribution in [3.05, 3.63) is 76.9 Å². The standard InChI is InChI=1S/C34H37ClN8O4S/c1-4-29(45)41-12-14-42(15-13-41)32-26(43(16-17-44)23-8-9-23)18-22(19-36-32)25-10-11-27(47-3)31(38-25)40-34-37-20-28(48-34)33(46)39-30-21(2)6-5-7-24(30)35/h4-7,10-11,18-20,23,44H,1,8-9,12-17H2,2-3H3,(H,39,46)(H,37,38,40). The molecule has 2 amide bonds. The van der Waals surface area contributed by atoms with Gasteiger partial charge in [0.1, 0.15) is 4.88 Å². The Bertz CT molecular complexity index is 1800. The van der Waals surface area contributed by atoms with Crippen LogP contribution < -0.4 is 25.2 Å². The Kier molecular flexibility index (Phi) is 10.1. The maximum Gasteiger partial charge on any atom is 0.267 e. The molecule has 250 valence electrons. The molecule has 1 saturated heterocycles. The van der Waals surface area contributed by atoms with Gasteiger partial charge in [0.15, 0.2) is 22.5 Å². The summed E-state index contributed by atoms with van der Waals surface area (Å²) in [6.45, 7) is 8.41. The SMILES string of the molecule is C=CC(=O)N1CCN(c2ncc(-c3ccc(OC)c(Nc4ncc(C(=O)Nc5c(C)cccc5Cl)s4)n3)cc2N(CCO)C2CC2)CC1. The van der Waals surface area contributed by atoms with Crippen LogP contribution in [0.5, 0.6) is 5.75 Å². The zero-order valence-electron chi connectivity index (χ0n) is 26.8. The zero-order chi connectivity index (χ0) is 33.8. The zero-order valence-corrected chi connectivity index (χ0v) is 28.4. The van der Waals surface area contributed by atoms with Crippen LogP contribution in [0.15, 0.2) is 61.4 Å². The second-order valence-electron chi connectivity index (χ2n) is 11.5. The normalized spacial score (nSPS) is 14.4. The number of anilines is 5. The molecule has 1 aliphatic heterocycles. The number of benzene rings is 1. The van der Waals surface area contributed by atoms with Gasteiger partial charge in [-0.25, -0.2) is 15.0 Å². The number of para-hydroxylation sites is 1. The Balaban J connectivity index is 1.26. The monoisotopic (exact) mass is 688 g/mol. The van der Waals surface area contributed by atoms with Crippen LogP contribution in [0.4, 0.5) is 28.1 Å². The van der Waals surface area contributed by atoms with E-state index >= 15 is 0 Å². The number of aliphatic hydroxyl groups excluding tert-OH is 1. The van der Waals surface area contributed by atoms with Gasteiger partial charge in [0, 0.05) is 50.5 Å². The van der Waals surface area contributed by atoms with Crippen molar-refractivity contribution in [1.29, 1.82) is 0 Å². The van der Waals surface area contributed by atoms with E-state index in [-0.39, 0.29) is 18.4 Å². The fourth-order valence-electron chi connectivity index (χ4n) is 5.67. The molecule has 0 bridgehead atoms. The lowest BCUT2D eigenvalue weighted by Crippen LogP contribution is -2.49.